The second-order valence-electron chi connectivity index (χ2n) is 11.7. The Kier molecular flexibility index (Phi) is 24.8. The Hall–Kier alpha value is -3.23. The number of carbonyl (C=O) groups is 3. The molecule has 0 aliphatic rings. The maximum absolute atomic E-state index is 12.4. The Balaban J connectivity index is 2.16. The summed E-state index contributed by atoms with van der Waals surface area (Å²) < 4.78 is -0.248. The Labute approximate surface area is 292 Å². The number of rotatable bonds is 26. The molecule has 0 saturated heterocycles. The first-order chi connectivity index (χ1) is 22.7. The number of nitrogens with one attached hydrogen (secondary N) is 2. The predicted molar refractivity (Wildman–Crippen MR) is 205 cm³/mol. The summed E-state index contributed by atoms with van der Waals surface area (Å²) in [5, 5.41) is 5.78. The van der Waals surface area contributed by atoms with Gasteiger partial charge in [-0.2, -0.15) is 0 Å². The third kappa shape index (κ3) is 25.5. The van der Waals surface area contributed by atoms with Crippen molar-refractivity contribution in [3.05, 3.63) is 109 Å². The van der Waals surface area contributed by atoms with Crippen LogP contribution in [0, 0.1) is 0 Å². The second-order valence-corrected chi connectivity index (χ2v) is 14.8. The van der Waals surface area contributed by atoms with E-state index in [0.29, 0.717) is 31.6 Å². The third-order valence-corrected chi connectivity index (χ3v) is 10.1. The highest BCUT2D eigenvalue weighted by molar-refractivity contribution is 8.77. The number of allylic oxidation sites excluding steroid dienone is 12. The lowest BCUT2D eigenvalue weighted by Gasteiger charge is -2.24. The van der Waals surface area contributed by atoms with E-state index in [-0.39, 0.29) is 16.6 Å². The van der Waals surface area contributed by atoms with E-state index in [1.165, 1.54) is 16.4 Å². The number of carbonyl (C=O) groups excluding carboxylic acids is 3. The van der Waals surface area contributed by atoms with Crippen molar-refractivity contribution in [3.8, 4) is 0 Å². The van der Waals surface area contributed by atoms with Crippen molar-refractivity contribution in [3.63, 3.8) is 0 Å². The summed E-state index contributed by atoms with van der Waals surface area (Å²) in [6.45, 7) is 6.73. The van der Waals surface area contributed by atoms with Gasteiger partial charge >= 0.3 is 0 Å². The number of benzene rings is 1. The number of hydrogen-bond acceptors (Lipinski definition) is 5. The van der Waals surface area contributed by atoms with E-state index in [1.54, 1.807) is 10.8 Å². The van der Waals surface area contributed by atoms with Gasteiger partial charge in [-0.25, -0.2) is 0 Å². The Morgan fingerprint density at radius 3 is 1.83 bits per heavy atom. The molecule has 6 nitrogen and oxygen atoms in total. The van der Waals surface area contributed by atoms with Crippen molar-refractivity contribution < 1.29 is 14.4 Å². The fourth-order valence-electron chi connectivity index (χ4n) is 4.10. The number of aryl methyl sites for hydroxylation is 1. The normalized spacial score (nSPS) is 13.2. The van der Waals surface area contributed by atoms with Gasteiger partial charge in [-0.1, -0.05) is 132 Å². The minimum absolute atomic E-state index is 0.0359. The van der Waals surface area contributed by atoms with Gasteiger partial charge in [0.15, 0.2) is 0 Å². The minimum atomic E-state index is -0.742. The molecule has 1 aromatic rings. The van der Waals surface area contributed by atoms with E-state index in [4.69, 9.17) is 5.73 Å². The van der Waals surface area contributed by atoms with Gasteiger partial charge in [0.25, 0.3) is 0 Å². The largest absolute Gasteiger partial charge is 0.368 e. The van der Waals surface area contributed by atoms with Crippen LogP contribution in [0.5, 0.6) is 0 Å². The second kappa shape index (κ2) is 27.8. The number of nitrogens with two attached hydrogens (primary N) is 1. The zero-order valence-electron chi connectivity index (χ0n) is 28.7. The molecule has 1 aromatic carbocycles. The SMILES string of the molecule is CC/C=C\C/C=C\C/C=C\C/C=C\C/C=C\C/C=C\CCC(=O)NC(CSSC(C)(C)CNC(=O)CCCc1ccccc1)C(N)=O. The van der Waals surface area contributed by atoms with Gasteiger partial charge in [0, 0.05) is 29.9 Å². The fourth-order valence-corrected chi connectivity index (χ4v) is 6.75. The summed E-state index contributed by atoms with van der Waals surface area (Å²) in [5.74, 6) is -0.347. The average Bonchev–Trinajstić information content (AvgIpc) is 3.05. The Morgan fingerprint density at radius 1 is 0.766 bits per heavy atom. The van der Waals surface area contributed by atoms with Crippen LogP contribution < -0.4 is 16.4 Å². The van der Waals surface area contributed by atoms with E-state index in [2.05, 4.69) is 90.5 Å². The molecule has 3 amide bonds. The van der Waals surface area contributed by atoms with Gasteiger partial charge in [0.2, 0.25) is 17.7 Å². The molecule has 0 aliphatic heterocycles. The van der Waals surface area contributed by atoms with Crippen molar-refractivity contribution >= 4 is 39.3 Å². The zero-order chi connectivity index (χ0) is 34.4. The summed E-state index contributed by atoms with van der Waals surface area (Å²) in [6, 6.07) is 9.41. The molecule has 0 radical (unpaired) electrons. The molecule has 47 heavy (non-hydrogen) atoms. The van der Waals surface area contributed by atoms with Crippen LogP contribution in [-0.2, 0) is 20.8 Å². The molecule has 0 aromatic heterocycles. The van der Waals surface area contributed by atoms with Crippen LogP contribution in [0.1, 0.15) is 90.5 Å². The predicted octanol–water partition coefficient (Wildman–Crippen LogP) is 8.73. The minimum Gasteiger partial charge on any atom is -0.368 e. The van der Waals surface area contributed by atoms with Crippen molar-refractivity contribution in [1.29, 1.82) is 0 Å². The van der Waals surface area contributed by atoms with Gasteiger partial charge in [-0.05, 0) is 77.2 Å². The molecular weight excluding hydrogens is 623 g/mol. The molecule has 0 saturated carbocycles. The summed E-state index contributed by atoms with van der Waals surface area (Å²) in [7, 11) is 3.04. The smallest absolute Gasteiger partial charge is 0.240 e. The van der Waals surface area contributed by atoms with E-state index in [9.17, 15) is 14.4 Å². The lowest BCUT2D eigenvalue weighted by atomic mass is 10.1. The molecule has 4 N–H and O–H groups in total. The lowest BCUT2D eigenvalue weighted by Crippen LogP contribution is -2.46. The lowest BCUT2D eigenvalue weighted by molar-refractivity contribution is -0.126. The Morgan fingerprint density at radius 2 is 1.30 bits per heavy atom. The van der Waals surface area contributed by atoms with Crippen LogP contribution in [0.25, 0.3) is 0 Å². The molecular formula is C39H57N3O3S2. The maximum atomic E-state index is 12.4. The van der Waals surface area contributed by atoms with Gasteiger partial charge in [0.05, 0.1) is 0 Å². The molecule has 1 unspecified atom stereocenters. The standard InChI is InChI=1S/C39H57N3O3S2/c1-4-5-6-7-8-9-10-11-12-13-14-15-16-17-18-19-20-21-25-30-37(44)42-35(38(40)45)32-46-47-39(2,3)33-41-36(43)31-26-29-34-27-23-22-24-28-34/h5-6,8-9,11-12,14-15,17-18,20-24,27-28,35H,4,7,10,13,16,19,25-26,29-33H2,1-3H3,(H2,40,45)(H,41,43)(H,42,44)/b6-5-,9-8-,12-11-,15-14-,18-17-,21-20-. The molecule has 0 heterocycles. The van der Waals surface area contributed by atoms with Crippen LogP contribution >= 0.6 is 21.6 Å². The summed E-state index contributed by atoms with van der Waals surface area (Å²) in [5.41, 5.74) is 6.79. The fraction of sp³-hybridized carbons (Fsp3) is 0.462. The molecule has 0 bridgehead atoms. The summed E-state index contributed by atoms with van der Waals surface area (Å²) in [6.07, 6.45) is 34.6. The van der Waals surface area contributed by atoms with Crippen LogP contribution in [0.2, 0.25) is 0 Å². The molecule has 258 valence electrons. The topological polar surface area (TPSA) is 101 Å². The highest BCUT2D eigenvalue weighted by Crippen LogP contribution is 2.35. The monoisotopic (exact) mass is 679 g/mol. The van der Waals surface area contributed by atoms with Crippen molar-refractivity contribution in [2.75, 3.05) is 12.3 Å². The molecule has 1 atom stereocenters. The average molecular weight is 680 g/mol. The third-order valence-electron chi connectivity index (χ3n) is 6.76. The van der Waals surface area contributed by atoms with Crippen LogP contribution in [0.3, 0.4) is 0 Å². The maximum Gasteiger partial charge on any atom is 0.240 e. The molecule has 0 spiro atoms. The van der Waals surface area contributed by atoms with Crippen molar-refractivity contribution in [1.82, 2.24) is 10.6 Å². The number of primary amides is 1. The van der Waals surface area contributed by atoms with Crippen molar-refractivity contribution in [2.24, 2.45) is 5.73 Å². The zero-order valence-corrected chi connectivity index (χ0v) is 30.3. The van der Waals surface area contributed by atoms with Gasteiger partial charge in [-0.15, -0.1) is 0 Å². The number of hydrogen-bond donors (Lipinski definition) is 3. The van der Waals surface area contributed by atoms with E-state index in [0.717, 1.165) is 51.4 Å². The highest BCUT2D eigenvalue weighted by Gasteiger charge is 2.23. The highest BCUT2D eigenvalue weighted by atomic mass is 33.1. The van der Waals surface area contributed by atoms with E-state index < -0.39 is 11.9 Å². The summed E-state index contributed by atoms with van der Waals surface area (Å²) >= 11 is 0. The molecule has 0 aliphatic carbocycles. The first-order valence-electron chi connectivity index (χ1n) is 16.8. The first kappa shape index (κ1) is 41.8. The van der Waals surface area contributed by atoms with Crippen LogP contribution in [-0.4, -0.2) is 40.8 Å². The Bertz CT molecular complexity index is 1190. The molecule has 8 heteroatoms. The summed E-state index contributed by atoms with van der Waals surface area (Å²) in [4.78, 5) is 36.7. The molecule has 1 rings (SSSR count). The van der Waals surface area contributed by atoms with E-state index >= 15 is 0 Å². The van der Waals surface area contributed by atoms with E-state index in [1.807, 2.05) is 44.2 Å². The van der Waals surface area contributed by atoms with Crippen molar-refractivity contribution in [2.45, 2.75) is 102 Å². The van der Waals surface area contributed by atoms with Gasteiger partial charge < -0.3 is 16.4 Å². The molecule has 0 fully saturated rings. The van der Waals surface area contributed by atoms with Gasteiger partial charge in [-0.3, -0.25) is 14.4 Å². The first-order valence-corrected chi connectivity index (χ1v) is 19.1. The quantitative estimate of drug-likeness (QED) is 0.0672. The van der Waals surface area contributed by atoms with Crippen LogP contribution in [0.15, 0.2) is 103 Å². The van der Waals surface area contributed by atoms with Gasteiger partial charge in [0.1, 0.15) is 6.04 Å². The van der Waals surface area contributed by atoms with Crippen LogP contribution in [0.4, 0.5) is 0 Å². The number of amides is 3.